The molecule has 0 heterocycles. The molecule has 1 rings (SSSR count). The van der Waals surface area contributed by atoms with Gasteiger partial charge in [-0.3, -0.25) is 10.1 Å². The summed E-state index contributed by atoms with van der Waals surface area (Å²) in [6.07, 6.45) is 3.42. The van der Waals surface area contributed by atoms with Gasteiger partial charge in [-0.15, -0.1) is 0 Å². The summed E-state index contributed by atoms with van der Waals surface area (Å²) in [7, 11) is 0. The van der Waals surface area contributed by atoms with Gasteiger partial charge >= 0.3 is 0 Å². The minimum Gasteiger partial charge on any atom is -0.259 e. The van der Waals surface area contributed by atoms with Crippen molar-refractivity contribution in [3.8, 4) is 0 Å². The molecule has 0 atom stereocenters. The van der Waals surface area contributed by atoms with Gasteiger partial charge in [0.05, 0.1) is 4.92 Å². The Balaban J connectivity index is 3.30. The molecule has 17 heavy (non-hydrogen) atoms. The van der Waals surface area contributed by atoms with Crippen molar-refractivity contribution in [1.29, 1.82) is 0 Å². The minimum atomic E-state index is -0.212. The van der Waals surface area contributed by atoms with Crippen LogP contribution in [0, 0.1) is 20.9 Å². The highest BCUT2D eigenvalue weighted by molar-refractivity contribution is 5.36. The van der Waals surface area contributed by atoms with Gasteiger partial charge in [0.2, 0.25) is 5.70 Å². The Labute approximate surface area is 104 Å². The number of nitro groups is 1. The van der Waals surface area contributed by atoms with Gasteiger partial charge in [-0.2, -0.15) is 0 Å². The summed E-state index contributed by atoms with van der Waals surface area (Å²) >= 11 is 0. The predicted molar refractivity (Wildman–Crippen MR) is 70.2 cm³/mol. The predicted octanol–water partition coefficient (Wildman–Crippen LogP) is 4.33. The van der Waals surface area contributed by atoms with Crippen LogP contribution in [0.3, 0.4) is 0 Å². The molecule has 0 aliphatic heterocycles. The number of hydrogen-bond donors (Lipinski definition) is 0. The van der Waals surface area contributed by atoms with Gasteiger partial charge in [0.15, 0.2) is 0 Å². The van der Waals surface area contributed by atoms with E-state index >= 15 is 0 Å². The third-order valence-electron chi connectivity index (χ3n) is 3.25. The first kappa shape index (κ1) is 13.9. The molecule has 0 radical (unpaired) electrons. The highest BCUT2D eigenvalue weighted by Crippen LogP contribution is 2.41. The second-order valence-corrected chi connectivity index (χ2v) is 6.79. The van der Waals surface area contributed by atoms with Crippen molar-refractivity contribution in [2.75, 3.05) is 0 Å². The molecule has 0 N–H and O–H groups in total. The van der Waals surface area contributed by atoms with E-state index in [1.807, 2.05) is 20.8 Å². The molecule has 0 saturated heterocycles. The summed E-state index contributed by atoms with van der Waals surface area (Å²) in [4.78, 5) is 10.9. The highest BCUT2D eigenvalue weighted by Gasteiger charge is 2.32. The maximum absolute atomic E-state index is 11.1. The molecule has 3 nitrogen and oxygen atoms in total. The molecule has 96 valence electrons. The molecule has 0 aromatic carbocycles. The average Bonchev–Trinajstić information content (AvgIpc) is 2.14. The fourth-order valence-electron chi connectivity index (χ4n) is 2.15. The summed E-state index contributed by atoms with van der Waals surface area (Å²) in [5.41, 5.74) is 2.52. The van der Waals surface area contributed by atoms with Crippen molar-refractivity contribution < 1.29 is 4.92 Å². The quantitative estimate of drug-likeness (QED) is 0.503. The molecule has 0 aromatic rings. The number of allylic oxidation sites excluding steroid dienone is 4. The van der Waals surface area contributed by atoms with Crippen molar-refractivity contribution in [2.45, 2.75) is 54.4 Å². The van der Waals surface area contributed by atoms with Crippen LogP contribution in [0.2, 0.25) is 0 Å². The molecule has 0 amide bonds. The summed E-state index contributed by atoms with van der Waals surface area (Å²) in [6, 6.07) is 0. The lowest BCUT2D eigenvalue weighted by molar-refractivity contribution is -0.429. The summed E-state index contributed by atoms with van der Waals surface area (Å²) in [5, 5.41) is 11.1. The highest BCUT2D eigenvalue weighted by atomic mass is 16.6. The van der Waals surface area contributed by atoms with Crippen molar-refractivity contribution in [2.24, 2.45) is 10.8 Å². The van der Waals surface area contributed by atoms with Crippen molar-refractivity contribution in [1.82, 2.24) is 0 Å². The molecule has 1 aliphatic rings. The monoisotopic (exact) mass is 237 g/mol. The third-order valence-corrected chi connectivity index (χ3v) is 3.25. The van der Waals surface area contributed by atoms with Crippen LogP contribution in [0.25, 0.3) is 0 Å². The van der Waals surface area contributed by atoms with Crippen LogP contribution >= 0.6 is 0 Å². The van der Waals surface area contributed by atoms with Crippen LogP contribution < -0.4 is 0 Å². The lowest BCUT2D eigenvalue weighted by atomic mass is 9.74. The Morgan fingerprint density at radius 1 is 1.06 bits per heavy atom. The maximum atomic E-state index is 11.1. The van der Waals surface area contributed by atoms with Crippen LogP contribution in [0.4, 0.5) is 0 Å². The van der Waals surface area contributed by atoms with E-state index in [0.717, 1.165) is 12.0 Å². The standard InChI is InChI=1S/C14H23NO2/c1-13(2,3)10-7-8-12(15(16)17)11(9-10)14(4,5)6/h9H,7-8H2,1-6H3. The van der Waals surface area contributed by atoms with E-state index in [2.05, 4.69) is 26.8 Å². The summed E-state index contributed by atoms with van der Waals surface area (Å²) < 4.78 is 0. The molecule has 0 bridgehead atoms. The van der Waals surface area contributed by atoms with E-state index in [0.29, 0.717) is 12.1 Å². The lowest BCUT2D eigenvalue weighted by Gasteiger charge is -2.30. The van der Waals surface area contributed by atoms with E-state index in [9.17, 15) is 10.1 Å². The zero-order chi connectivity index (χ0) is 13.4. The van der Waals surface area contributed by atoms with Gasteiger partial charge in [-0.25, -0.2) is 0 Å². The van der Waals surface area contributed by atoms with E-state index in [1.165, 1.54) is 5.57 Å². The van der Waals surface area contributed by atoms with E-state index < -0.39 is 0 Å². The molecular weight excluding hydrogens is 214 g/mol. The smallest absolute Gasteiger partial charge is 0.250 e. The van der Waals surface area contributed by atoms with Crippen LogP contribution in [0.15, 0.2) is 22.9 Å². The minimum absolute atomic E-state index is 0.0959. The molecule has 0 spiro atoms. The maximum Gasteiger partial charge on any atom is 0.250 e. The Hall–Kier alpha value is -1.12. The fourth-order valence-corrected chi connectivity index (χ4v) is 2.15. The van der Waals surface area contributed by atoms with Crippen LogP contribution in [0.5, 0.6) is 0 Å². The molecule has 0 unspecified atom stereocenters. The van der Waals surface area contributed by atoms with Crippen LogP contribution in [-0.2, 0) is 0 Å². The average molecular weight is 237 g/mol. The molecule has 3 heteroatoms. The van der Waals surface area contributed by atoms with Gasteiger partial charge in [0.25, 0.3) is 0 Å². The second-order valence-electron chi connectivity index (χ2n) is 6.79. The Bertz CT molecular complexity index is 389. The van der Waals surface area contributed by atoms with E-state index in [4.69, 9.17) is 0 Å². The first-order chi connectivity index (χ1) is 7.53. The molecule has 0 aromatic heterocycles. The SMILES string of the molecule is CC(C)(C)C1=CC(C(C)(C)C)=C([N+](=O)[O-])CC1. The summed E-state index contributed by atoms with van der Waals surface area (Å²) in [5.74, 6) is 0. The van der Waals surface area contributed by atoms with Crippen LogP contribution in [-0.4, -0.2) is 4.92 Å². The van der Waals surface area contributed by atoms with Gasteiger partial charge in [0, 0.05) is 12.0 Å². The van der Waals surface area contributed by atoms with Crippen molar-refractivity contribution in [3.05, 3.63) is 33.0 Å². The molecule has 0 fully saturated rings. The first-order valence-corrected chi connectivity index (χ1v) is 6.12. The van der Waals surface area contributed by atoms with E-state index in [-0.39, 0.29) is 15.8 Å². The van der Waals surface area contributed by atoms with Gasteiger partial charge in [-0.05, 0) is 17.3 Å². The number of rotatable bonds is 1. The fraction of sp³-hybridized carbons (Fsp3) is 0.714. The number of hydrogen-bond acceptors (Lipinski definition) is 2. The largest absolute Gasteiger partial charge is 0.259 e. The second kappa shape index (κ2) is 4.28. The topological polar surface area (TPSA) is 43.1 Å². The van der Waals surface area contributed by atoms with Crippen LogP contribution in [0.1, 0.15) is 54.4 Å². The van der Waals surface area contributed by atoms with Gasteiger partial charge in [0.1, 0.15) is 0 Å². The number of nitrogens with zero attached hydrogens (tertiary/aromatic N) is 1. The Kier molecular flexibility index (Phi) is 3.51. The Morgan fingerprint density at radius 3 is 1.94 bits per heavy atom. The normalized spacial score (nSPS) is 18.1. The molecule has 1 aliphatic carbocycles. The first-order valence-electron chi connectivity index (χ1n) is 6.12. The zero-order valence-electron chi connectivity index (χ0n) is 11.8. The lowest BCUT2D eigenvalue weighted by Crippen LogP contribution is -2.21. The summed E-state index contributed by atoms with van der Waals surface area (Å²) in [6.45, 7) is 12.6. The van der Waals surface area contributed by atoms with Gasteiger partial charge in [-0.1, -0.05) is 53.2 Å². The van der Waals surface area contributed by atoms with Crippen molar-refractivity contribution in [3.63, 3.8) is 0 Å². The third kappa shape index (κ3) is 3.18. The van der Waals surface area contributed by atoms with Gasteiger partial charge < -0.3 is 0 Å². The van der Waals surface area contributed by atoms with E-state index in [1.54, 1.807) is 0 Å². The molecular formula is C14H23NO2. The van der Waals surface area contributed by atoms with Crippen molar-refractivity contribution >= 4 is 0 Å². The Morgan fingerprint density at radius 2 is 1.59 bits per heavy atom. The zero-order valence-corrected chi connectivity index (χ0v) is 11.8. The molecule has 0 saturated carbocycles.